The highest BCUT2D eigenvalue weighted by molar-refractivity contribution is 5.40. The van der Waals surface area contributed by atoms with E-state index in [2.05, 4.69) is 11.8 Å². The third kappa shape index (κ3) is 2.35. The van der Waals surface area contributed by atoms with Crippen molar-refractivity contribution in [2.45, 2.75) is 38.8 Å². The highest BCUT2D eigenvalue weighted by atomic mass is 19.1. The molecule has 2 nitrogen and oxygen atoms in total. The maximum absolute atomic E-state index is 13.6. The molecule has 1 aromatic rings. The Morgan fingerprint density at radius 1 is 1.50 bits per heavy atom. The van der Waals surface area contributed by atoms with Gasteiger partial charge < -0.3 is 5.73 Å². The minimum Gasteiger partial charge on any atom is -0.399 e. The molecule has 0 radical (unpaired) electrons. The third-order valence-electron chi connectivity index (χ3n) is 3.42. The Balaban J connectivity index is 2.08. The van der Waals surface area contributed by atoms with Crippen molar-refractivity contribution in [2.24, 2.45) is 0 Å². The number of rotatable bonds is 3. The SMILES string of the molecule is CCC1CCCN1Cc1ccc(N)cc1F. The fourth-order valence-electron chi connectivity index (χ4n) is 2.48. The average molecular weight is 222 g/mol. The number of halogens is 1. The van der Waals surface area contributed by atoms with Crippen LogP contribution in [0.25, 0.3) is 0 Å². The topological polar surface area (TPSA) is 29.3 Å². The normalized spacial score (nSPS) is 21.5. The largest absolute Gasteiger partial charge is 0.399 e. The zero-order chi connectivity index (χ0) is 11.5. The molecule has 1 heterocycles. The molecule has 1 aliphatic heterocycles. The lowest BCUT2D eigenvalue weighted by atomic mass is 10.1. The van der Waals surface area contributed by atoms with Gasteiger partial charge in [0.25, 0.3) is 0 Å². The molecule has 1 aromatic carbocycles. The molecule has 1 fully saturated rings. The Morgan fingerprint density at radius 3 is 3.00 bits per heavy atom. The van der Waals surface area contributed by atoms with Crippen LogP contribution in [-0.2, 0) is 6.54 Å². The maximum atomic E-state index is 13.6. The lowest BCUT2D eigenvalue weighted by molar-refractivity contribution is 0.237. The number of benzene rings is 1. The summed E-state index contributed by atoms with van der Waals surface area (Å²) in [5.41, 5.74) is 6.79. The number of anilines is 1. The van der Waals surface area contributed by atoms with E-state index in [-0.39, 0.29) is 5.82 Å². The monoisotopic (exact) mass is 222 g/mol. The molecule has 0 spiro atoms. The van der Waals surface area contributed by atoms with Crippen molar-refractivity contribution in [3.8, 4) is 0 Å². The predicted octanol–water partition coefficient (Wildman–Crippen LogP) is 2.78. The number of hydrogen-bond donors (Lipinski definition) is 1. The van der Waals surface area contributed by atoms with Crippen molar-refractivity contribution < 1.29 is 4.39 Å². The molecule has 3 heteroatoms. The van der Waals surface area contributed by atoms with Gasteiger partial charge in [-0.05, 0) is 37.9 Å². The quantitative estimate of drug-likeness (QED) is 0.797. The van der Waals surface area contributed by atoms with Crippen molar-refractivity contribution in [3.05, 3.63) is 29.6 Å². The smallest absolute Gasteiger partial charge is 0.129 e. The van der Waals surface area contributed by atoms with Crippen LogP contribution in [0.5, 0.6) is 0 Å². The Bertz CT molecular complexity index is 365. The van der Waals surface area contributed by atoms with Gasteiger partial charge in [-0.3, -0.25) is 4.90 Å². The molecule has 88 valence electrons. The molecule has 0 aliphatic carbocycles. The molecular weight excluding hydrogens is 203 g/mol. The molecule has 2 rings (SSSR count). The number of nitrogens with two attached hydrogens (primary N) is 1. The van der Waals surface area contributed by atoms with E-state index in [1.165, 1.54) is 18.9 Å². The minimum atomic E-state index is -0.179. The van der Waals surface area contributed by atoms with Crippen molar-refractivity contribution in [1.29, 1.82) is 0 Å². The van der Waals surface area contributed by atoms with Gasteiger partial charge in [-0.15, -0.1) is 0 Å². The average Bonchev–Trinajstić information content (AvgIpc) is 2.69. The van der Waals surface area contributed by atoms with Crippen LogP contribution in [0.1, 0.15) is 31.7 Å². The summed E-state index contributed by atoms with van der Waals surface area (Å²) in [6.45, 7) is 4.00. The highest BCUT2D eigenvalue weighted by Crippen LogP contribution is 2.23. The molecule has 16 heavy (non-hydrogen) atoms. The van der Waals surface area contributed by atoms with E-state index >= 15 is 0 Å². The van der Waals surface area contributed by atoms with E-state index in [4.69, 9.17) is 5.73 Å². The molecule has 1 saturated heterocycles. The lowest BCUT2D eigenvalue weighted by Gasteiger charge is -2.23. The fraction of sp³-hybridized carbons (Fsp3) is 0.538. The van der Waals surface area contributed by atoms with Gasteiger partial charge in [0.15, 0.2) is 0 Å². The van der Waals surface area contributed by atoms with E-state index < -0.39 is 0 Å². The first kappa shape index (κ1) is 11.4. The van der Waals surface area contributed by atoms with Gasteiger partial charge in [-0.25, -0.2) is 4.39 Å². The molecule has 0 aromatic heterocycles. The molecule has 0 amide bonds. The second kappa shape index (κ2) is 4.83. The van der Waals surface area contributed by atoms with Crippen LogP contribution >= 0.6 is 0 Å². The summed E-state index contributed by atoms with van der Waals surface area (Å²) in [6, 6.07) is 5.61. The highest BCUT2D eigenvalue weighted by Gasteiger charge is 2.23. The van der Waals surface area contributed by atoms with E-state index in [9.17, 15) is 4.39 Å². The predicted molar refractivity (Wildman–Crippen MR) is 64.5 cm³/mol. The molecular formula is C13H19FN2. The zero-order valence-corrected chi connectivity index (χ0v) is 9.75. The van der Waals surface area contributed by atoms with E-state index in [0.29, 0.717) is 18.3 Å². The number of likely N-dealkylation sites (tertiary alicyclic amines) is 1. The van der Waals surface area contributed by atoms with Gasteiger partial charge in [-0.1, -0.05) is 13.0 Å². The van der Waals surface area contributed by atoms with Crippen molar-refractivity contribution in [2.75, 3.05) is 12.3 Å². The van der Waals surface area contributed by atoms with Crippen molar-refractivity contribution in [3.63, 3.8) is 0 Å². The van der Waals surface area contributed by atoms with Crippen LogP contribution in [0.15, 0.2) is 18.2 Å². The van der Waals surface area contributed by atoms with Crippen LogP contribution in [0.4, 0.5) is 10.1 Å². The molecule has 1 aliphatic rings. The number of hydrogen-bond acceptors (Lipinski definition) is 2. The summed E-state index contributed by atoms with van der Waals surface area (Å²) in [7, 11) is 0. The van der Waals surface area contributed by atoms with Crippen LogP contribution < -0.4 is 5.73 Å². The van der Waals surface area contributed by atoms with Gasteiger partial charge in [0, 0.05) is 23.8 Å². The molecule has 0 bridgehead atoms. The van der Waals surface area contributed by atoms with E-state index in [0.717, 1.165) is 18.5 Å². The van der Waals surface area contributed by atoms with Gasteiger partial charge >= 0.3 is 0 Å². The van der Waals surface area contributed by atoms with E-state index in [1.807, 2.05) is 0 Å². The first-order valence-corrected chi connectivity index (χ1v) is 5.98. The van der Waals surface area contributed by atoms with Crippen molar-refractivity contribution >= 4 is 5.69 Å². The summed E-state index contributed by atoms with van der Waals surface area (Å²) in [5, 5.41) is 0. The van der Waals surface area contributed by atoms with E-state index in [1.54, 1.807) is 12.1 Å². The Hall–Kier alpha value is -1.09. The Kier molecular flexibility index (Phi) is 3.44. The van der Waals surface area contributed by atoms with Crippen LogP contribution in [-0.4, -0.2) is 17.5 Å². The Labute approximate surface area is 96.2 Å². The molecule has 0 saturated carbocycles. The first-order valence-electron chi connectivity index (χ1n) is 5.98. The second-order valence-corrected chi connectivity index (χ2v) is 4.53. The fourth-order valence-corrected chi connectivity index (χ4v) is 2.48. The van der Waals surface area contributed by atoms with Crippen LogP contribution in [0, 0.1) is 5.82 Å². The molecule has 2 N–H and O–H groups in total. The minimum absolute atomic E-state index is 0.179. The third-order valence-corrected chi connectivity index (χ3v) is 3.42. The van der Waals surface area contributed by atoms with Crippen LogP contribution in [0.2, 0.25) is 0 Å². The molecule has 1 atom stereocenters. The van der Waals surface area contributed by atoms with Gasteiger partial charge in [-0.2, -0.15) is 0 Å². The first-order chi connectivity index (χ1) is 7.70. The number of nitrogen functional groups attached to an aromatic ring is 1. The summed E-state index contributed by atoms with van der Waals surface area (Å²) in [4.78, 5) is 2.37. The maximum Gasteiger partial charge on any atom is 0.129 e. The Morgan fingerprint density at radius 2 is 2.31 bits per heavy atom. The summed E-state index contributed by atoms with van der Waals surface area (Å²) in [5.74, 6) is -0.179. The summed E-state index contributed by atoms with van der Waals surface area (Å²) < 4.78 is 13.6. The second-order valence-electron chi connectivity index (χ2n) is 4.53. The zero-order valence-electron chi connectivity index (χ0n) is 9.75. The van der Waals surface area contributed by atoms with Gasteiger partial charge in [0.05, 0.1) is 0 Å². The van der Waals surface area contributed by atoms with Gasteiger partial charge in [0.1, 0.15) is 5.82 Å². The molecule has 1 unspecified atom stereocenters. The van der Waals surface area contributed by atoms with Gasteiger partial charge in [0.2, 0.25) is 0 Å². The van der Waals surface area contributed by atoms with Crippen molar-refractivity contribution in [1.82, 2.24) is 4.90 Å². The van der Waals surface area contributed by atoms with Crippen LogP contribution in [0.3, 0.4) is 0 Å². The lowest BCUT2D eigenvalue weighted by Crippen LogP contribution is -2.28. The standard InChI is InChI=1S/C13H19FN2/c1-2-12-4-3-7-16(12)9-10-5-6-11(15)8-13(10)14/h5-6,8,12H,2-4,7,9,15H2,1H3. The summed E-state index contributed by atoms with van der Waals surface area (Å²) >= 11 is 0. The number of nitrogens with zero attached hydrogens (tertiary/aromatic N) is 1. The summed E-state index contributed by atoms with van der Waals surface area (Å²) in [6.07, 6.45) is 3.62.